The third-order valence-corrected chi connectivity index (χ3v) is 6.84. The smallest absolute Gasteiger partial charge is 0.252 e. The molecule has 0 bridgehead atoms. The Kier molecular flexibility index (Phi) is 5.37. The van der Waals surface area contributed by atoms with E-state index in [0.717, 1.165) is 4.88 Å². The van der Waals surface area contributed by atoms with E-state index < -0.39 is 10.0 Å². The van der Waals surface area contributed by atoms with Gasteiger partial charge in [-0.25, -0.2) is 8.42 Å². The predicted molar refractivity (Wildman–Crippen MR) is 82.6 cm³/mol. The fraction of sp³-hybridized carbons (Fsp3) is 0.615. The van der Waals surface area contributed by atoms with E-state index in [1.54, 1.807) is 12.1 Å². The minimum atomic E-state index is -3.48. The number of hydrogen-bond donors (Lipinski definition) is 2. The average molecular weight is 331 g/mol. The van der Waals surface area contributed by atoms with E-state index in [4.69, 9.17) is 5.73 Å². The maximum atomic E-state index is 12.6. The summed E-state index contributed by atoms with van der Waals surface area (Å²) in [6.07, 6.45) is 1.41. The third-order valence-electron chi connectivity index (χ3n) is 3.51. The predicted octanol–water partition coefficient (Wildman–Crippen LogP) is 0.532. The van der Waals surface area contributed by atoms with E-state index in [1.807, 2.05) is 6.92 Å². The Labute approximate surface area is 129 Å². The highest BCUT2D eigenvalue weighted by molar-refractivity contribution is 7.91. The van der Waals surface area contributed by atoms with Crippen molar-refractivity contribution in [3.05, 3.63) is 17.0 Å². The molecule has 1 fully saturated rings. The van der Waals surface area contributed by atoms with Crippen LogP contribution < -0.4 is 11.1 Å². The van der Waals surface area contributed by atoms with Crippen molar-refractivity contribution >= 4 is 27.3 Å². The zero-order valence-electron chi connectivity index (χ0n) is 12.0. The minimum absolute atomic E-state index is 0.109. The van der Waals surface area contributed by atoms with Gasteiger partial charge in [-0.05, 0) is 31.9 Å². The van der Waals surface area contributed by atoms with Gasteiger partial charge < -0.3 is 11.1 Å². The van der Waals surface area contributed by atoms with Gasteiger partial charge in [0, 0.05) is 31.1 Å². The number of sulfonamides is 1. The maximum Gasteiger partial charge on any atom is 0.252 e. The van der Waals surface area contributed by atoms with E-state index in [1.165, 1.54) is 15.6 Å². The van der Waals surface area contributed by atoms with E-state index in [0.29, 0.717) is 36.7 Å². The van der Waals surface area contributed by atoms with Crippen molar-refractivity contribution < 1.29 is 13.2 Å². The first-order chi connectivity index (χ1) is 9.95. The fourth-order valence-electron chi connectivity index (χ4n) is 2.39. The van der Waals surface area contributed by atoms with Crippen LogP contribution in [-0.4, -0.2) is 44.8 Å². The highest BCUT2D eigenvalue weighted by Gasteiger charge is 2.33. The molecule has 21 heavy (non-hydrogen) atoms. The summed E-state index contributed by atoms with van der Waals surface area (Å²) in [7, 11) is -3.48. The van der Waals surface area contributed by atoms with Crippen LogP contribution in [0.15, 0.2) is 16.3 Å². The van der Waals surface area contributed by atoms with Crippen molar-refractivity contribution in [1.82, 2.24) is 9.62 Å². The number of carbonyl (C=O) groups excluding carboxylic acids is 1. The number of carbonyl (C=O) groups is 1. The number of amides is 1. The lowest BCUT2D eigenvalue weighted by Crippen LogP contribution is -2.45. The third kappa shape index (κ3) is 3.82. The van der Waals surface area contributed by atoms with Gasteiger partial charge in [0.25, 0.3) is 10.0 Å². The van der Waals surface area contributed by atoms with Gasteiger partial charge in [0.2, 0.25) is 5.91 Å². The fourth-order valence-corrected chi connectivity index (χ4v) is 5.35. The largest absolute Gasteiger partial charge is 0.355 e. The number of piperidine rings is 1. The van der Waals surface area contributed by atoms with E-state index >= 15 is 0 Å². The molecule has 0 saturated carbocycles. The van der Waals surface area contributed by atoms with Gasteiger partial charge >= 0.3 is 0 Å². The van der Waals surface area contributed by atoms with Gasteiger partial charge in [0.15, 0.2) is 0 Å². The van der Waals surface area contributed by atoms with E-state index in [9.17, 15) is 13.2 Å². The molecule has 1 saturated heterocycles. The minimum Gasteiger partial charge on any atom is -0.355 e. The molecule has 0 spiro atoms. The lowest BCUT2D eigenvalue weighted by molar-refractivity contribution is -0.126. The summed E-state index contributed by atoms with van der Waals surface area (Å²) in [5, 5.41) is 2.74. The van der Waals surface area contributed by atoms with Gasteiger partial charge in [0.05, 0.1) is 5.92 Å². The molecule has 118 valence electrons. The Bertz CT molecular complexity index is 598. The van der Waals surface area contributed by atoms with Gasteiger partial charge in [-0.3, -0.25) is 4.79 Å². The molecule has 6 nitrogen and oxygen atoms in total. The highest BCUT2D eigenvalue weighted by Crippen LogP contribution is 2.28. The second kappa shape index (κ2) is 6.87. The number of hydrogen-bond acceptors (Lipinski definition) is 5. The van der Waals surface area contributed by atoms with Crippen molar-refractivity contribution in [2.45, 2.75) is 24.0 Å². The zero-order chi connectivity index (χ0) is 15.5. The van der Waals surface area contributed by atoms with Crippen molar-refractivity contribution in [3.8, 4) is 0 Å². The first-order valence-electron chi connectivity index (χ1n) is 6.99. The molecule has 8 heteroatoms. The molecule has 2 rings (SSSR count). The van der Waals surface area contributed by atoms with Gasteiger partial charge in [-0.15, -0.1) is 11.3 Å². The molecule has 1 aliphatic rings. The quantitative estimate of drug-likeness (QED) is 0.823. The number of nitrogens with zero attached hydrogens (tertiary/aromatic N) is 1. The maximum absolute atomic E-state index is 12.6. The molecule has 0 aliphatic carbocycles. The highest BCUT2D eigenvalue weighted by atomic mass is 32.2. The van der Waals surface area contributed by atoms with E-state index in [-0.39, 0.29) is 18.4 Å². The summed E-state index contributed by atoms with van der Waals surface area (Å²) in [4.78, 5) is 12.9. The summed E-state index contributed by atoms with van der Waals surface area (Å²) < 4.78 is 26.9. The van der Waals surface area contributed by atoms with Gasteiger partial charge in [-0.1, -0.05) is 0 Å². The molecule has 3 N–H and O–H groups in total. The van der Waals surface area contributed by atoms with Crippen LogP contribution in [0.25, 0.3) is 0 Å². The Morgan fingerprint density at radius 1 is 1.52 bits per heavy atom. The van der Waals surface area contributed by atoms with E-state index in [2.05, 4.69) is 5.32 Å². The van der Waals surface area contributed by atoms with Crippen LogP contribution in [0.2, 0.25) is 0 Å². The summed E-state index contributed by atoms with van der Waals surface area (Å²) in [6.45, 7) is 3.40. The summed E-state index contributed by atoms with van der Waals surface area (Å²) in [6, 6.07) is 3.43. The first-order valence-corrected chi connectivity index (χ1v) is 9.25. The normalized spacial score (nSPS) is 20.4. The SMILES string of the molecule is Cc1ccc(S(=O)(=O)N2CCCC(C(=O)NCCN)C2)s1. The number of aryl methyl sites for hydroxylation is 1. The van der Waals surface area contributed by atoms with Crippen molar-refractivity contribution in [3.63, 3.8) is 0 Å². The molecule has 2 heterocycles. The van der Waals surface area contributed by atoms with Crippen LogP contribution >= 0.6 is 11.3 Å². The molecule has 1 aliphatic heterocycles. The second-order valence-corrected chi connectivity index (χ2v) is 8.60. The number of nitrogens with one attached hydrogen (secondary N) is 1. The molecule has 1 amide bonds. The first kappa shape index (κ1) is 16.4. The Morgan fingerprint density at radius 3 is 2.90 bits per heavy atom. The van der Waals surface area contributed by atoms with Crippen LogP contribution in [0, 0.1) is 12.8 Å². The zero-order valence-corrected chi connectivity index (χ0v) is 13.7. The summed E-state index contributed by atoms with van der Waals surface area (Å²) >= 11 is 1.27. The van der Waals surface area contributed by atoms with Gasteiger partial charge in [-0.2, -0.15) is 4.31 Å². The Morgan fingerprint density at radius 2 is 2.29 bits per heavy atom. The van der Waals surface area contributed by atoms with Crippen LogP contribution in [0.3, 0.4) is 0 Å². The van der Waals surface area contributed by atoms with Crippen LogP contribution in [0.4, 0.5) is 0 Å². The molecule has 1 aromatic heterocycles. The molecule has 0 radical (unpaired) electrons. The van der Waals surface area contributed by atoms with Crippen molar-refractivity contribution in [2.75, 3.05) is 26.2 Å². The average Bonchev–Trinajstić information content (AvgIpc) is 2.92. The molecule has 1 aromatic rings. The lowest BCUT2D eigenvalue weighted by Gasteiger charge is -2.30. The summed E-state index contributed by atoms with van der Waals surface area (Å²) in [5.41, 5.74) is 5.36. The lowest BCUT2D eigenvalue weighted by atomic mass is 9.99. The second-order valence-electron chi connectivity index (χ2n) is 5.15. The molecular formula is C13H21N3O3S2. The van der Waals surface area contributed by atoms with Crippen LogP contribution in [0.5, 0.6) is 0 Å². The molecular weight excluding hydrogens is 310 g/mol. The Balaban J connectivity index is 2.08. The molecule has 0 aromatic carbocycles. The number of thiophene rings is 1. The summed E-state index contributed by atoms with van der Waals surface area (Å²) in [5.74, 6) is -0.399. The molecule has 1 unspecified atom stereocenters. The van der Waals surface area contributed by atoms with Gasteiger partial charge in [0.1, 0.15) is 4.21 Å². The standard InChI is InChI=1S/C13H21N3O3S2/c1-10-4-5-12(20-10)21(18,19)16-8-2-3-11(9-16)13(17)15-7-6-14/h4-5,11H,2-3,6-9,14H2,1H3,(H,15,17). The Hall–Kier alpha value is -0.960. The number of rotatable bonds is 5. The van der Waals surface area contributed by atoms with Crippen molar-refractivity contribution in [2.24, 2.45) is 11.7 Å². The topological polar surface area (TPSA) is 92.5 Å². The van der Waals surface area contributed by atoms with Crippen LogP contribution in [0.1, 0.15) is 17.7 Å². The van der Waals surface area contributed by atoms with Crippen LogP contribution in [-0.2, 0) is 14.8 Å². The monoisotopic (exact) mass is 331 g/mol. The molecule has 1 atom stereocenters. The van der Waals surface area contributed by atoms with Crippen molar-refractivity contribution in [1.29, 1.82) is 0 Å². The number of nitrogens with two attached hydrogens (primary N) is 1.